The fraction of sp³-hybridized carbons (Fsp3) is 0.385. The van der Waals surface area contributed by atoms with Crippen molar-refractivity contribution in [1.29, 1.82) is 0 Å². The Kier molecular flexibility index (Phi) is 7.15. The van der Waals surface area contributed by atoms with Crippen molar-refractivity contribution in [3.8, 4) is 0 Å². The second-order valence-corrected chi connectivity index (χ2v) is 8.49. The Morgan fingerprint density at radius 1 is 1.03 bits per heavy atom. The Labute approximate surface area is 184 Å². The summed E-state index contributed by atoms with van der Waals surface area (Å²) in [5, 5.41) is 2.92. The second kappa shape index (κ2) is 10.4. The number of amides is 1. The number of carbonyl (C=O) groups is 1. The average Bonchev–Trinajstić information content (AvgIpc) is 3.27. The van der Waals surface area contributed by atoms with Gasteiger partial charge in [0.05, 0.1) is 6.54 Å². The first kappa shape index (κ1) is 21.3. The predicted molar refractivity (Wildman–Crippen MR) is 121 cm³/mol. The molecule has 0 unspecified atom stereocenters. The first-order chi connectivity index (χ1) is 15.2. The maximum Gasteiger partial charge on any atom is 0.287 e. The van der Waals surface area contributed by atoms with Gasteiger partial charge in [0.1, 0.15) is 5.76 Å². The number of hydrogen-bond donors (Lipinski definition) is 1. The number of nitrogens with one attached hydrogen (secondary N) is 1. The Hall–Kier alpha value is -2.92. The molecule has 4 rings (SSSR count). The Morgan fingerprint density at radius 2 is 1.84 bits per heavy atom. The lowest BCUT2D eigenvalue weighted by molar-refractivity contribution is 0.0913. The molecule has 1 fully saturated rings. The van der Waals surface area contributed by atoms with Crippen LogP contribution in [0.25, 0.3) is 0 Å². The molecule has 0 radical (unpaired) electrons. The van der Waals surface area contributed by atoms with Gasteiger partial charge in [0.25, 0.3) is 5.91 Å². The molecular formula is C26H31N3O2. The molecule has 0 aliphatic heterocycles. The third-order valence-corrected chi connectivity index (χ3v) is 6.01. The van der Waals surface area contributed by atoms with Crippen LogP contribution in [-0.4, -0.2) is 21.8 Å². The predicted octanol–water partition coefficient (Wildman–Crippen LogP) is 5.25. The molecule has 1 N–H and O–H groups in total. The molecule has 3 aromatic rings. The minimum Gasteiger partial charge on any atom is -0.455 e. The molecule has 0 bridgehead atoms. The van der Waals surface area contributed by atoms with Crippen molar-refractivity contribution < 1.29 is 9.21 Å². The lowest BCUT2D eigenvalue weighted by atomic mass is 9.93. The lowest BCUT2D eigenvalue weighted by Gasteiger charge is -2.34. The summed E-state index contributed by atoms with van der Waals surface area (Å²) >= 11 is 0. The van der Waals surface area contributed by atoms with Crippen LogP contribution in [0.5, 0.6) is 0 Å². The van der Waals surface area contributed by atoms with E-state index in [2.05, 4.69) is 46.4 Å². The second-order valence-electron chi connectivity index (χ2n) is 8.49. The van der Waals surface area contributed by atoms with E-state index in [9.17, 15) is 4.79 Å². The number of aromatic nitrogens is 1. The molecule has 31 heavy (non-hydrogen) atoms. The highest BCUT2D eigenvalue weighted by Crippen LogP contribution is 2.26. The van der Waals surface area contributed by atoms with E-state index in [1.807, 2.05) is 18.2 Å². The van der Waals surface area contributed by atoms with E-state index in [4.69, 9.17) is 4.42 Å². The number of pyridine rings is 1. The van der Waals surface area contributed by atoms with Gasteiger partial charge < -0.3 is 9.73 Å². The molecule has 1 aliphatic carbocycles. The number of rotatable bonds is 8. The topological polar surface area (TPSA) is 58.4 Å². The quantitative estimate of drug-likeness (QED) is 0.544. The minimum atomic E-state index is -0.189. The molecule has 2 heterocycles. The molecule has 0 spiro atoms. The van der Waals surface area contributed by atoms with Crippen LogP contribution >= 0.6 is 0 Å². The van der Waals surface area contributed by atoms with Crippen molar-refractivity contribution in [2.24, 2.45) is 0 Å². The molecule has 1 saturated carbocycles. The van der Waals surface area contributed by atoms with Gasteiger partial charge >= 0.3 is 0 Å². The van der Waals surface area contributed by atoms with E-state index < -0.39 is 0 Å². The fourth-order valence-corrected chi connectivity index (χ4v) is 4.36. The van der Waals surface area contributed by atoms with Crippen LogP contribution < -0.4 is 5.32 Å². The molecular weight excluding hydrogens is 386 g/mol. The highest BCUT2D eigenvalue weighted by atomic mass is 16.4. The van der Waals surface area contributed by atoms with Gasteiger partial charge in [0, 0.05) is 31.5 Å². The Balaban J connectivity index is 1.41. The number of nitrogens with zero attached hydrogens (tertiary/aromatic N) is 2. The van der Waals surface area contributed by atoms with Crippen LogP contribution in [0.4, 0.5) is 0 Å². The van der Waals surface area contributed by atoms with E-state index >= 15 is 0 Å². The largest absolute Gasteiger partial charge is 0.455 e. The number of furan rings is 1. The molecule has 2 aromatic heterocycles. The lowest BCUT2D eigenvalue weighted by Crippen LogP contribution is -2.35. The third-order valence-electron chi connectivity index (χ3n) is 6.01. The van der Waals surface area contributed by atoms with E-state index in [0.717, 1.165) is 24.4 Å². The van der Waals surface area contributed by atoms with Gasteiger partial charge in [0.15, 0.2) is 5.76 Å². The summed E-state index contributed by atoms with van der Waals surface area (Å²) < 4.78 is 5.95. The monoisotopic (exact) mass is 417 g/mol. The van der Waals surface area contributed by atoms with E-state index in [1.54, 1.807) is 18.5 Å². The summed E-state index contributed by atoms with van der Waals surface area (Å²) in [7, 11) is 0. The van der Waals surface area contributed by atoms with Crippen molar-refractivity contribution >= 4 is 5.91 Å². The molecule has 162 valence electrons. The van der Waals surface area contributed by atoms with Crippen molar-refractivity contribution in [2.45, 2.75) is 64.7 Å². The van der Waals surface area contributed by atoms with E-state index in [0.29, 0.717) is 18.3 Å². The number of aryl methyl sites for hydroxylation is 1. The zero-order chi connectivity index (χ0) is 21.5. The average molecular weight is 418 g/mol. The van der Waals surface area contributed by atoms with Crippen LogP contribution in [0.1, 0.15) is 65.1 Å². The molecule has 1 amide bonds. The molecule has 5 heteroatoms. The maximum absolute atomic E-state index is 12.5. The number of carbonyl (C=O) groups excluding carboxylic acids is 1. The third kappa shape index (κ3) is 6.05. The molecule has 1 aromatic carbocycles. The first-order valence-corrected chi connectivity index (χ1v) is 11.2. The summed E-state index contributed by atoms with van der Waals surface area (Å²) in [4.78, 5) is 19.0. The highest BCUT2D eigenvalue weighted by molar-refractivity contribution is 5.91. The Morgan fingerprint density at radius 3 is 2.61 bits per heavy atom. The summed E-state index contributed by atoms with van der Waals surface area (Å²) in [5.74, 6) is 1.02. The highest BCUT2D eigenvalue weighted by Gasteiger charge is 2.23. The summed E-state index contributed by atoms with van der Waals surface area (Å²) in [6.45, 7) is 4.21. The molecule has 0 atom stereocenters. The van der Waals surface area contributed by atoms with Gasteiger partial charge in [-0.1, -0.05) is 49.1 Å². The Bertz CT molecular complexity index is 977. The van der Waals surface area contributed by atoms with Crippen LogP contribution in [0.2, 0.25) is 0 Å². The zero-order valence-corrected chi connectivity index (χ0v) is 18.2. The number of hydrogen-bond acceptors (Lipinski definition) is 4. The van der Waals surface area contributed by atoms with Crippen molar-refractivity contribution in [2.75, 3.05) is 0 Å². The maximum atomic E-state index is 12.5. The van der Waals surface area contributed by atoms with Crippen molar-refractivity contribution in [1.82, 2.24) is 15.2 Å². The summed E-state index contributed by atoms with van der Waals surface area (Å²) in [6.07, 6.45) is 9.81. The van der Waals surface area contributed by atoms with Gasteiger partial charge in [-0.15, -0.1) is 0 Å². The van der Waals surface area contributed by atoms with Crippen LogP contribution in [0, 0.1) is 6.92 Å². The van der Waals surface area contributed by atoms with Gasteiger partial charge in [-0.2, -0.15) is 0 Å². The molecule has 5 nitrogen and oxygen atoms in total. The molecule has 1 aliphatic rings. The normalized spacial score (nSPS) is 14.6. The van der Waals surface area contributed by atoms with Gasteiger partial charge in [-0.3, -0.25) is 14.7 Å². The minimum absolute atomic E-state index is 0.189. The first-order valence-electron chi connectivity index (χ1n) is 11.2. The van der Waals surface area contributed by atoms with E-state index in [-0.39, 0.29) is 5.91 Å². The summed E-state index contributed by atoms with van der Waals surface area (Å²) in [5.41, 5.74) is 3.62. The standard InChI is InChI=1S/C26H31N3O2/c1-20-6-5-7-22(16-20)18-29(23-8-3-2-4-9-23)19-24-10-11-25(31-24)26(30)28-17-21-12-14-27-15-13-21/h5-7,10-16,23H,2-4,8-9,17-19H2,1H3,(H,28,30). The van der Waals surface area contributed by atoms with Gasteiger partial charge in [0.2, 0.25) is 0 Å². The van der Waals surface area contributed by atoms with Crippen molar-refractivity contribution in [3.05, 3.63) is 89.1 Å². The van der Waals surface area contributed by atoms with Crippen LogP contribution in [0.3, 0.4) is 0 Å². The van der Waals surface area contributed by atoms with Crippen LogP contribution in [-0.2, 0) is 19.6 Å². The van der Waals surface area contributed by atoms with Gasteiger partial charge in [-0.05, 0) is 55.2 Å². The van der Waals surface area contributed by atoms with Crippen LogP contribution in [0.15, 0.2) is 65.3 Å². The van der Waals surface area contributed by atoms with Gasteiger partial charge in [-0.25, -0.2) is 0 Å². The zero-order valence-electron chi connectivity index (χ0n) is 18.2. The van der Waals surface area contributed by atoms with Crippen molar-refractivity contribution in [3.63, 3.8) is 0 Å². The molecule has 0 saturated heterocycles. The smallest absolute Gasteiger partial charge is 0.287 e. The summed E-state index contributed by atoms with van der Waals surface area (Å²) in [6, 6.07) is 16.8. The fourth-order valence-electron chi connectivity index (χ4n) is 4.36. The van der Waals surface area contributed by atoms with E-state index in [1.165, 1.54) is 43.2 Å². The number of benzene rings is 1. The SMILES string of the molecule is Cc1cccc(CN(Cc2ccc(C(=O)NCc3ccncc3)o2)C2CCCCC2)c1.